The van der Waals surface area contributed by atoms with Crippen molar-refractivity contribution in [2.45, 2.75) is 45.9 Å². The summed E-state index contributed by atoms with van der Waals surface area (Å²) in [5.74, 6) is 0.735. The lowest BCUT2D eigenvalue weighted by Gasteiger charge is -2.27. The Labute approximate surface area is 213 Å². The standard InChI is InChI=1S/C24H33N5O3.HI/c1-3-19(2)27-24(25-16-20-8-10-23(11-9-20)29(30)31)26-17-21-6-4-5-7-22(21)18-28-12-14-32-15-13-28;/h4-11,19H,3,12-18H2,1-2H3,(H2,25,26,27);1H. The zero-order valence-corrected chi connectivity index (χ0v) is 21.7. The van der Waals surface area contributed by atoms with E-state index in [1.807, 2.05) is 0 Å². The average Bonchev–Trinajstić information content (AvgIpc) is 2.82. The van der Waals surface area contributed by atoms with E-state index < -0.39 is 4.92 Å². The molecule has 1 aliphatic heterocycles. The highest BCUT2D eigenvalue weighted by Crippen LogP contribution is 2.14. The summed E-state index contributed by atoms with van der Waals surface area (Å²) in [6.07, 6.45) is 0.978. The Balaban J connectivity index is 0.00000385. The van der Waals surface area contributed by atoms with Crippen LogP contribution >= 0.6 is 24.0 Å². The number of nitrogens with zero attached hydrogens (tertiary/aromatic N) is 3. The molecule has 1 atom stereocenters. The van der Waals surface area contributed by atoms with Gasteiger partial charge < -0.3 is 15.4 Å². The summed E-state index contributed by atoms with van der Waals surface area (Å²) in [4.78, 5) is 17.6. The van der Waals surface area contributed by atoms with Crippen molar-refractivity contribution >= 4 is 35.6 Å². The van der Waals surface area contributed by atoms with Crippen LogP contribution in [0.3, 0.4) is 0 Å². The number of morpholine rings is 1. The maximum absolute atomic E-state index is 10.9. The molecule has 33 heavy (non-hydrogen) atoms. The molecule has 1 unspecified atom stereocenters. The molecule has 9 heteroatoms. The number of hydrogen-bond acceptors (Lipinski definition) is 5. The van der Waals surface area contributed by atoms with Gasteiger partial charge in [0.2, 0.25) is 0 Å². The van der Waals surface area contributed by atoms with Gasteiger partial charge in [-0.15, -0.1) is 24.0 Å². The van der Waals surface area contributed by atoms with Gasteiger partial charge in [0, 0.05) is 44.4 Å². The van der Waals surface area contributed by atoms with Crippen LogP contribution in [0.5, 0.6) is 0 Å². The molecule has 1 saturated heterocycles. The number of non-ortho nitro benzene ring substituents is 1. The third kappa shape index (κ3) is 8.90. The number of hydrogen-bond donors (Lipinski definition) is 2. The minimum atomic E-state index is -0.390. The largest absolute Gasteiger partial charge is 0.379 e. The van der Waals surface area contributed by atoms with Crippen LogP contribution in [0.15, 0.2) is 53.5 Å². The number of nitro groups is 1. The summed E-state index contributed by atoms with van der Waals surface area (Å²) in [5.41, 5.74) is 3.56. The number of nitro benzene ring substituents is 1. The minimum Gasteiger partial charge on any atom is -0.379 e. The zero-order chi connectivity index (χ0) is 22.8. The van der Waals surface area contributed by atoms with Gasteiger partial charge in [-0.1, -0.05) is 43.3 Å². The summed E-state index contributed by atoms with van der Waals surface area (Å²) in [6.45, 7) is 9.77. The van der Waals surface area contributed by atoms with Gasteiger partial charge >= 0.3 is 0 Å². The van der Waals surface area contributed by atoms with Crippen molar-refractivity contribution in [2.75, 3.05) is 26.3 Å². The Morgan fingerprint density at radius 2 is 1.82 bits per heavy atom. The third-order valence-corrected chi connectivity index (χ3v) is 5.62. The van der Waals surface area contributed by atoms with Gasteiger partial charge in [-0.2, -0.15) is 0 Å². The fraction of sp³-hybridized carbons (Fsp3) is 0.458. The summed E-state index contributed by atoms with van der Waals surface area (Å²) in [6, 6.07) is 15.3. The number of benzene rings is 2. The first kappa shape index (κ1) is 27.0. The molecule has 180 valence electrons. The van der Waals surface area contributed by atoms with E-state index in [0.29, 0.717) is 13.1 Å². The molecule has 0 spiro atoms. The fourth-order valence-corrected chi connectivity index (χ4v) is 3.44. The molecule has 1 heterocycles. The predicted octanol–water partition coefficient (Wildman–Crippen LogP) is 4.08. The van der Waals surface area contributed by atoms with Crippen LogP contribution in [0.4, 0.5) is 5.69 Å². The monoisotopic (exact) mass is 567 g/mol. The molecule has 1 aliphatic rings. The number of ether oxygens (including phenoxy) is 1. The second-order valence-electron chi connectivity index (χ2n) is 8.05. The van der Waals surface area contributed by atoms with E-state index >= 15 is 0 Å². The maximum atomic E-state index is 10.9. The molecule has 0 bridgehead atoms. The molecule has 2 aromatic rings. The van der Waals surface area contributed by atoms with Crippen LogP contribution in [0.25, 0.3) is 0 Å². The second kappa shape index (κ2) is 14.1. The highest BCUT2D eigenvalue weighted by atomic mass is 127. The fourth-order valence-electron chi connectivity index (χ4n) is 3.44. The Morgan fingerprint density at radius 3 is 2.45 bits per heavy atom. The number of aliphatic imine (C=N–C) groups is 1. The first-order valence-electron chi connectivity index (χ1n) is 11.2. The SMILES string of the molecule is CCC(C)NC(=NCc1ccc([N+](=O)[O-])cc1)NCc1ccccc1CN1CCOCC1.I. The van der Waals surface area contributed by atoms with Crippen LogP contribution in [0.1, 0.15) is 37.0 Å². The van der Waals surface area contributed by atoms with E-state index in [1.54, 1.807) is 12.1 Å². The number of nitrogens with one attached hydrogen (secondary N) is 2. The average molecular weight is 567 g/mol. The maximum Gasteiger partial charge on any atom is 0.269 e. The van der Waals surface area contributed by atoms with Crippen LogP contribution in [0, 0.1) is 10.1 Å². The van der Waals surface area contributed by atoms with E-state index in [-0.39, 0.29) is 35.7 Å². The first-order valence-corrected chi connectivity index (χ1v) is 11.2. The zero-order valence-electron chi connectivity index (χ0n) is 19.3. The predicted molar refractivity (Wildman–Crippen MR) is 142 cm³/mol. The number of halogens is 1. The van der Waals surface area contributed by atoms with Crippen molar-refractivity contribution in [1.82, 2.24) is 15.5 Å². The molecule has 3 rings (SSSR count). The summed E-state index contributed by atoms with van der Waals surface area (Å²) < 4.78 is 5.46. The Morgan fingerprint density at radius 1 is 1.15 bits per heavy atom. The second-order valence-corrected chi connectivity index (χ2v) is 8.05. The Bertz CT molecular complexity index is 901. The molecule has 2 aromatic carbocycles. The highest BCUT2D eigenvalue weighted by molar-refractivity contribution is 14.0. The Kier molecular flexibility index (Phi) is 11.6. The van der Waals surface area contributed by atoms with E-state index in [9.17, 15) is 10.1 Å². The molecule has 8 nitrogen and oxygen atoms in total. The van der Waals surface area contributed by atoms with Crippen molar-refractivity contribution in [3.8, 4) is 0 Å². The molecule has 0 aromatic heterocycles. The van der Waals surface area contributed by atoms with Gasteiger partial charge in [-0.3, -0.25) is 15.0 Å². The van der Waals surface area contributed by atoms with Gasteiger partial charge in [0.1, 0.15) is 0 Å². The normalized spacial score (nSPS) is 15.4. The van der Waals surface area contributed by atoms with Crippen LogP contribution < -0.4 is 10.6 Å². The van der Waals surface area contributed by atoms with Crippen molar-refractivity contribution in [2.24, 2.45) is 4.99 Å². The van der Waals surface area contributed by atoms with E-state index in [4.69, 9.17) is 9.73 Å². The minimum absolute atomic E-state index is 0. The van der Waals surface area contributed by atoms with Gasteiger partial charge in [-0.25, -0.2) is 4.99 Å². The quantitative estimate of drug-likeness (QED) is 0.156. The number of guanidine groups is 1. The molecular weight excluding hydrogens is 533 g/mol. The van der Waals surface area contributed by atoms with Gasteiger partial charge in [0.25, 0.3) is 5.69 Å². The van der Waals surface area contributed by atoms with Crippen LogP contribution in [0.2, 0.25) is 0 Å². The van der Waals surface area contributed by atoms with Crippen LogP contribution in [-0.2, 0) is 24.4 Å². The highest BCUT2D eigenvalue weighted by Gasteiger charge is 2.13. The molecule has 0 radical (unpaired) electrons. The molecule has 1 fully saturated rings. The first-order chi connectivity index (χ1) is 15.5. The molecule has 0 saturated carbocycles. The van der Waals surface area contributed by atoms with Crippen molar-refractivity contribution in [3.05, 3.63) is 75.3 Å². The van der Waals surface area contributed by atoms with Crippen molar-refractivity contribution in [3.63, 3.8) is 0 Å². The van der Waals surface area contributed by atoms with Crippen molar-refractivity contribution < 1.29 is 9.66 Å². The number of rotatable bonds is 9. The molecule has 0 amide bonds. The van der Waals surface area contributed by atoms with E-state index in [1.165, 1.54) is 23.3 Å². The smallest absolute Gasteiger partial charge is 0.269 e. The molecular formula is C24H34IN5O3. The lowest BCUT2D eigenvalue weighted by molar-refractivity contribution is -0.384. The summed E-state index contributed by atoms with van der Waals surface area (Å²) >= 11 is 0. The summed E-state index contributed by atoms with van der Waals surface area (Å²) in [5, 5.41) is 17.8. The molecule has 2 N–H and O–H groups in total. The Hall–Kier alpha value is -2.24. The van der Waals surface area contributed by atoms with E-state index in [0.717, 1.165) is 50.8 Å². The third-order valence-electron chi connectivity index (χ3n) is 5.62. The summed E-state index contributed by atoms with van der Waals surface area (Å²) in [7, 11) is 0. The lowest BCUT2D eigenvalue weighted by Crippen LogP contribution is -2.42. The molecule has 0 aliphatic carbocycles. The van der Waals surface area contributed by atoms with Gasteiger partial charge in [0.05, 0.1) is 24.7 Å². The topological polar surface area (TPSA) is 92.0 Å². The van der Waals surface area contributed by atoms with Crippen molar-refractivity contribution in [1.29, 1.82) is 0 Å². The van der Waals surface area contributed by atoms with Gasteiger partial charge in [-0.05, 0) is 30.0 Å². The lowest BCUT2D eigenvalue weighted by atomic mass is 10.1. The van der Waals surface area contributed by atoms with Crippen LogP contribution in [-0.4, -0.2) is 48.1 Å². The van der Waals surface area contributed by atoms with E-state index in [2.05, 4.69) is 53.6 Å². The van der Waals surface area contributed by atoms with Gasteiger partial charge in [0.15, 0.2) is 5.96 Å².